The Kier molecular flexibility index (Phi) is 4.16. The number of hydrogen-bond acceptors (Lipinski definition) is 3. The number of hydrogen-bond donors (Lipinski definition) is 0. The van der Waals surface area contributed by atoms with Gasteiger partial charge in [0.1, 0.15) is 5.82 Å². The summed E-state index contributed by atoms with van der Waals surface area (Å²) in [7, 11) is 1.80. The molecule has 1 saturated heterocycles. The number of amides is 1. The Labute approximate surface area is 134 Å². The van der Waals surface area contributed by atoms with Crippen LogP contribution in [0.2, 0.25) is 5.02 Å². The van der Waals surface area contributed by atoms with E-state index in [0.29, 0.717) is 0 Å². The number of benzene rings is 1. The van der Waals surface area contributed by atoms with Gasteiger partial charge in [0.05, 0.1) is 0 Å². The average Bonchev–Trinajstić information content (AvgIpc) is 3.08. The van der Waals surface area contributed by atoms with Crippen molar-refractivity contribution in [2.45, 2.75) is 32.2 Å². The van der Waals surface area contributed by atoms with Crippen molar-refractivity contribution in [1.29, 1.82) is 0 Å². The van der Waals surface area contributed by atoms with Gasteiger partial charge in [-0.1, -0.05) is 29.8 Å². The molecular weight excluding hydrogens is 300 g/mol. The molecule has 116 valence electrons. The summed E-state index contributed by atoms with van der Waals surface area (Å²) in [4.78, 5) is 18.8. The molecule has 1 aliphatic rings. The van der Waals surface area contributed by atoms with E-state index in [0.717, 1.165) is 42.2 Å². The van der Waals surface area contributed by atoms with Gasteiger partial charge in [0.2, 0.25) is 5.82 Å². The lowest BCUT2D eigenvalue weighted by Gasteiger charge is -2.24. The van der Waals surface area contributed by atoms with Crippen LogP contribution in [-0.2, 0) is 13.5 Å². The van der Waals surface area contributed by atoms with Gasteiger partial charge in [-0.25, -0.2) is 4.98 Å². The normalized spacial score (nSPS) is 18.0. The van der Waals surface area contributed by atoms with Crippen LogP contribution in [0.4, 0.5) is 0 Å². The van der Waals surface area contributed by atoms with E-state index in [-0.39, 0.29) is 17.8 Å². The van der Waals surface area contributed by atoms with E-state index in [9.17, 15) is 4.79 Å². The van der Waals surface area contributed by atoms with Crippen LogP contribution in [-0.4, -0.2) is 38.2 Å². The molecule has 0 N–H and O–H groups in total. The van der Waals surface area contributed by atoms with Gasteiger partial charge in [-0.3, -0.25) is 9.48 Å². The van der Waals surface area contributed by atoms with Gasteiger partial charge in [-0.2, -0.15) is 0 Å². The van der Waals surface area contributed by atoms with E-state index in [1.165, 1.54) is 0 Å². The molecule has 0 bridgehead atoms. The summed E-state index contributed by atoms with van der Waals surface area (Å²) in [6.45, 7) is 2.60. The number of likely N-dealkylation sites (tertiary alicyclic amines) is 1. The van der Waals surface area contributed by atoms with Crippen molar-refractivity contribution < 1.29 is 4.79 Å². The van der Waals surface area contributed by atoms with Gasteiger partial charge in [-0.15, -0.1) is 5.10 Å². The summed E-state index contributed by atoms with van der Waals surface area (Å²) >= 11 is 6.24. The lowest BCUT2D eigenvalue weighted by atomic mass is 10.0. The van der Waals surface area contributed by atoms with Crippen LogP contribution >= 0.6 is 11.6 Å². The quantitative estimate of drug-likeness (QED) is 0.874. The highest BCUT2D eigenvalue weighted by atomic mass is 35.5. The summed E-state index contributed by atoms with van der Waals surface area (Å²) < 4.78 is 1.63. The number of carbonyl (C=O) groups is 1. The lowest BCUT2D eigenvalue weighted by Crippen LogP contribution is -2.37. The van der Waals surface area contributed by atoms with E-state index < -0.39 is 0 Å². The van der Waals surface area contributed by atoms with Gasteiger partial charge >= 0.3 is 0 Å². The fourth-order valence-electron chi connectivity index (χ4n) is 2.91. The largest absolute Gasteiger partial charge is 0.333 e. The molecule has 1 atom stereocenters. The molecule has 6 heteroatoms. The van der Waals surface area contributed by atoms with Gasteiger partial charge in [0.25, 0.3) is 5.91 Å². The monoisotopic (exact) mass is 318 g/mol. The van der Waals surface area contributed by atoms with Crippen molar-refractivity contribution in [3.63, 3.8) is 0 Å². The topological polar surface area (TPSA) is 51.0 Å². The minimum absolute atomic E-state index is 0.0850. The van der Waals surface area contributed by atoms with Crippen LogP contribution in [0.25, 0.3) is 0 Å². The van der Waals surface area contributed by atoms with E-state index in [1.54, 1.807) is 11.7 Å². The van der Waals surface area contributed by atoms with E-state index in [1.807, 2.05) is 36.1 Å². The molecule has 1 unspecified atom stereocenters. The Morgan fingerprint density at radius 1 is 1.41 bits per heavy atom. The second-order valence-electron chi connectivity index (χ2n) is 5.70. The minimum Gasteiger partial charge on any atom is -0.333 e. The lowest BCUT2D eigenvalue weighted by molar-refractivity contribution is 0.0724. The van der Waals surface area contributed by atoms with Crippen LogP contribution < -0.4 is 0 Å². The summed E-state index contributed by atoms with van der Waals surface area (Å²) in [6, 6.07) is 7.97. The smallest absolute Gasteiger partial charge is 0.293 e. The van der Waals surface area contributed by atoms with Gasteiger partial charge in [0, 0.05) is 24.7 Å². The van der Waals surface area contributed by atoms with Gasteiger partial charge < -0.3 is 4.90 Å². The molecule has 2 heterocycles. The molecule has 1 aromatic carbocycles. The zero-order valence-electron chi connectivity index (χ0n) is 12.8. The first kappa shape index (κ1) is 15.0. The Balaban J connectivity index is 1.78. The van der Waals surface area contributed by atoms with Crippen molar-refractivity contribution in [2.24, 2.45) is 7.05 Å². The SMILES string of the molecule is Cc1nc(C(=O)N2CCCC2Cc2ccccc2Cl)nn1C. The average molecular weight is 319 g/mol. The summed E-state index contributed by atoms with van der Waals surface area (Å²) in [5.74, 6) is 0.939. The van der Waals surface area contributed by atoms with Crippen molar-refractivity contribution in [3.05, 3.63) is 46.5 Å². The third kappa shape index (κ3) is 2.86. The second-order valence-corrected chi connectivity index (χ2v) is 6.10. The standard InChI is InChI=1S/C16H19ClN4O/c1-11-18-15(19-20(11)2)16(22)21-9-5-7-13(21)10-12-6-3-4-8-14(12)17/h3-4,6,8,13H,5,7,9-10H2,1-2H3. The summed E-state index contributed by atoms with van der Waals surface area (Å²) in [5, 5.41) is 4.96. The van der Waals surface area contributed by atoms with Crippen LogP contribution in [0.5, 0.6) is 0 Å². The van der Waals surface area contributed by atoms with Crippen LogP contribution in [0.3, 0.4) is 0 Å². The number of nitrogens with zero attached hydrogens (tertiary/aromatic N) is 4. The number of halogens is 1. The molecule has 0 aliphatic carbocycles. The first-order valence-electron chi connectivity index (χ1n) is 7.48. The molecule has 0 saturated carbocycles. The predicted molar refractivity (Wildman–Crippen MR) is 85.0 cm³/mol. The van der Waals surface area contributed by atoms with E-state index in [4.69, 9.17) is 11.6 Å². The molecule has 1 fully saturated rings. The van der Waals surface area contributed by atoms with Crippen molar-refractivity contribution in [1.82, 2.24) is 19.7 Å². The number of aromatic nitrogens is 3. The Bertz CT molecular complexity index is 678. The second kappa shape index (κ2) is 6.08. The molecule has 1 amide bonds. The third-order valence-corrected chi connectivity index (χ3v) is 4.59. The number of rotatable bonds is 3. The minimum atomic E-state index is -0.0850. The maximum absolute atomic E-state index is 12.7. The molecule has 1 aliphatic heterocycles. The molecule has 5 nitrogen and oxygen atoms in total. The Morgan fingerprint density at radius 3 is 2.86 bits per heavy atom. The first-order valence-corrected chi connectivity index (χ1v) is 7.86. The first-order chi connectivity index (χ1) is 10.6. The number of carbonyl (C=O) groups excluding carboxylic acids is 1. The van der Waals surface area contributed by atoms with Crippen LogP contribution in [0, 0.1) is 6.92 Å². The molecular formula is C16H19ClN4O. The summed E-state index contributed by atoms with van der Waals surface area (Å²) in [5.41, 5.74) is 1.08. The van der Waals surface area contributed by atoms with Crippen molar-refractivity contribution in [2.75, 3.05) is 6.54 Å². The number of aryl methyl sites for hydroxylation is 2. The van der Waals surface area contributed by atoms with Crippen molar-refractivity contribution in [3.8, 4) is 0 Å². The zero-order chi connectivity index (χ0) is 15.7. The Hall–Kier alpha value is -1.88. The molecule has 22 heavy (non-hydrogen) atoms. The Morgan fingerprint density at radius 2 is 2.18 bits per heavy atom. The van der Waals surface area contributed by atoms with E-state index in [2.05, 4.69) is 10.1 Å². The highest BCUT2D eigenvalue weighted by Crippen LogP contribution is 2.25. The van der Waals surface area contributed by atoms with Crippen LogP contribution in [0.1, 0.15) is 34.8 Å². The fraction of sp³-hybridized carbons (Fsp3) is 0.438. The fourth-order valence-corrected chi connectivity index (χ4v) is 3.13. The molecule has 3 rings (SSSR count). The highest BCUT2D eigenvalue weighted by Gasteiger charge is 2.31. The van der Waals surface area contributed by atoms with Gasteiger partial charge in [0.15, 0.2) is 0 Å². The molecule has 0 spiro atoms. The molecule has 1 aromatic heterocycles. The zero-order valence-corrected chi connectivity index (χ0v) is 13.5. The maximum Gasteiger partial charge on any atom is 0.293 e. The highest BCUT2D eigenvalue weighted by molar-refractivity contribution is 6.31. The molecule has 2 aromatic rings. The predicted octanol–water partition coefficient (Wildman–Crippen LogP) is 2.62. The maximum atomic E-state index is 12.7. The summed E-state index contributed by atoms with van der Waals surface area (Å²) in [6.07, 6.45) is 2.77. The van der Waals surface area contributed by atoms with E-state index >= 15 is 0 Å². The van der Waals surface area contributed by atoms with Gasteiger partial charge in [-0.05, 0) is 37.8 Å². The third-order valence-electron chi connectivity index (χ3n) is 4.22. The van der Waals surface area contributed by atoms with Crippen LogP contribution in [0.15, 0.2) is 24.3 Å². The molecule has 0 radical (unpaired) electrons. The van der Waals surface area contributed by atoms with Crippen molar-refractivity contribution >= 4 is 17.5 Å².